The number of hydrogen-bond acceptors (Lipinski definition) is 1. The van der Waals surface area contributed by atoms with E-state index in [-0.39, 0.29) is 5.78 Å². The van der Waals surface area contributed by atoms with E-state index < -0.39 is 0 Å². The highest BCUT2D eigenvalue weighted by Crippen LogP contribution is 2.58. The lowest BCUT2D eigenvalue weighted by molar-refractivity contribution is 0.103. The lowest BCUT2D eigenvalue weighted by Crippen LogP contribution is -2.04. The van der Waals surface area contributed by atoms with Gasteiger partial charge in [0.2, 0.25) is 0 Å². The quantitative estimate of drug-likeness (QED) is 0.664. The molecule has 0 aromatic heterocycles. The smallest absolute Gasteiger partial charge is 0.193 e. The Kier molecular flexibility index (Phi) is 1.66. The molecule has 1 heteroatoms. The zero-order valence-corrected chi connectivity index (χ0v) is 9.39. The molecular formula is C16H12O. The first-order valence-electron chi connectivity index (χ1n) is 6.09. The summed E-state index contributed by atoms with van der Waals surface area (Å²) in [5.74, 6) is 1.33. The van der Waals surface area contributed by atoms with Crippen molar-refractivity contribution in [2.75, 3.05) is 0 Å². The van der Waals surface area contributed by atoms with Crippen LogP contribution in [0.3, 0.4) is 0 Å². The summed E-state index contributed by atoms with van der Waals surface area (Å²) in [6.45, 7) is 0. The molecule has 0 spiro atoms. The van der Waals surface area contributed by atoms with Crippen LogP contribution in [0.5, 0.6) is 0 Å². The van der Waals surface area contributed by atoms with Gasteiger partial charge < -0.3 is 0 Å². The van der Waals surface area contributed by atoms with E-state index in [1.54, 1.807) is 0 Å². The van der Waals surface area contributed by atoms with Gasteiger partial charge in [-0.15, -0.1) is 0 Å². The van der Waals surface area contributed by atoms with Crippen LogP contribution in [0.15, 0.2) is 48.5 Å². The Labute approximate surface area is 100 Å². The van der Waals surface area contributed by atoms with Gasteiger partial charge in [0.05, 0.1) is 0 Å². The molecule has 0 unspecified atom stereocenters. The third-order valence-electron chi connectivity index (χ3n) is 4.00. The summed E-state index contributed by atoms with van der Waals surface area (Å²) in [5, 5.41) is 0. The van der Waals surface area contributed by atoms with Crippen LogP contribution in [-0.4, -0.2) is 5.78 Å². The van der Waals surface area contributed by atoms with Gasteiger partial charge in [-0.3, -0.25) is 4.79 Å². The van der Waals surface area contributed by atoms with Crippen molar-refractivity contribution in [2.24, 2.45) is 0 Å². The predicted molar refractivity (Wildman–Crippen MR) is 66.4 cm³/mol. The molecule has 2 aliphatic rings. The number of ketones is 1. The van der Waals surface area contributed by atoms with Gasteiger partial charge in [-0.25, -0.2) is 0 Å². The molecule has 0 heterocycles. The molecule has 4 rings (SSSR count). The Morgan fingerprint density at radius 2 is 1.24 bits per heavy atom. The van der Waals surface area contributed by atoms with Gasteiger partial charge in [0.1, 0.15) is 0 Å². The van der Waals surface area contributed by atoms with E-state index in [0.29, 0.717) is 11.8 Å². The van der Waals surface area contributed by atoms with E-state index in [1.807, 2.05) is 36.4 Å². The Morgan fingerprint density at radius 1 is 0.765 bits per heavy atom. The summed E-state index contributed by atoms with van der Waals surface area (Å²) in [5.41, 5.74) is 4.31. The summed E-state index contributed by atoms with van der Waals surface area (Å²) in [6, 6.07) is 16.2. The molecule has 1 nitrogen and oxygen atoms in total. The fourth-order valence-corrected chi connectivity index (χ4v) is 3.08. The Hall–Kier alpha value is -1.89. The summed E-state index contributed by atoms with van der Waals surface area (Å²) >= 11 is 0. The van der Waals surface area contributed by atoms with E-state index in [4.69, 9.17) is 0 Å². The lowest BCUT2D eigenvalue weighted by atomic mass is 9.96. The molecule has 0 saturated heterocycles. The molecule has 2 aromatic carbocycles. The van der Waals surface area contributed by atoms with Crippen LogP contribution >= 0.6 is 0 Å². The van der Waals surface area contributed by atoms with Gasteiger partial charge >= 0.3 is 0 Å². The summed E-state index contributed by atoms with van der Waals surface area (Å²) in [7, 11) is 0. The zero-order chi connectivity index (χ0) is 11.4. The summed E-state index contributed by atoms with van der Waals surface area (Å²) in [4.78, 5) is 12.5. The van der Waals surface area contributed by atoms with Crippen LogP contribution in [0.25, 0.3) is 0 Å². The van der Waals surface area contributed by atoms with Crippen molar-refractivity contribution in [1.29, 1.82) is 0 Å². The van der Waals surface area contributed by atoms with Gasteiger partial charge in [0, 0.05) is 11.1 Å². The average molecular weight is 220 g/mol. The van der Waals surface area contributed by atoms with Crippen molar-refractivity contribution in [3.63, 3.8) is 0 Å². The van der Waals surface area contributed by atoms with Crippen molar-refractivity contribution in [3.05, 3.63) is 70.8 Å². The number of carbonyl (C=O) groups excluding carboxylic acids is 1. The van der Waals surface area contributed by atoms with E-state index in [0.717, 1.165) is 11.1 Å². The van der Waals surface area contributed by atoms with Crippen molar-refractivity contribution in [2.45, 2.75) is 18.3 Å². The van der Waals surface area contributed by atoms with Crippen molar-refractivity contribution in [3.8, 4) is 0 Å². The van der Waals surface area contributed by atoms with Crippen molar-refractivity contribution in [1.82, 2.24) is 0 Å². The molecule has 1 fully saturated rings. The first-order chi connectivity index (χ1) is 8.36. The molecule has 0 amide bonds. The summed E-state index contributed by atoms with van der Waals surface area (Å²) < 4.78 is 0. The second-order valence-corrected chi connectivity index (χ2v) is 4.95. The molecule has 17 heavy (non-hydrogen) atoms. The number of rotatable bonds is 0. The minimum Gasteiger partial charge on any atom is -0.289 e. The Balaban J connectivity index is 2.03. The molecule has 0 N–H and O–H groups in total. The number of carbonyl (C=O) groups is 1. The molecule has 2 aromatic rings. The number of benzene rings is 2. The summed E-state index contributed by atoms with van der Waals surface area (Å²) in [6.07, 6.45) is 1.20. The normalized spacial score (nSPS) is 24.4. The molecule has 0 bridgehead atoms. The SMILES string of the molecule is O=C1c2ccccc2[C@@H]2C[C@H]2c2ccccc21. The Morgan fingerprint density at radius 3 is 1.76 bits per heavy atom. The Bertz CT molecular complexity index is 573. The second kappa shape index (κ2) is 3.07. The first kappa shape index (κ1) is 9.17. The van der Waals surface area contributed by atoms with E-state index in [9.17, 15) is 4.79 Å². The largest absolute Gasteiger partial charge is 0.289 e. The van der Waals surface area contributed by atoms with Crippen LogP contribution in [-0.2, 0) is 0 Å². The predicted octanol–water partition coefficient (Wildman–Crippen LogP) is 3.50. The molecule has 2 aliphatic carbocycles. The van der Waals surface area contributed by atoms with E-state index in [1.165, 1.54) is 17.5 Å². The van der Waals surface area contributed by atoms with Crippen molar-refractivity contribution < 1.29 is 4.79 Å². The van der Waals surface area contributed by atoms with Crippen LogP contribution < -0.4 is 0 Å². The average Bonchev–Trinajstić information content (AvgIpc) is 3.18. The van der Waals surface area contributed by atoms with Gasteiger partial charge in [-0.2, -0.15) is 0 Å². The van der Waals surface area contributed by atoms with Gasteiger partial charge in [0.25, 0.3) is 0 Å². The maximum Gasteiger partial charge on any atom is 0.193 e. The first-order valence-corrected chi connectivity index (χ1v) is 6.09. The van der Waals surface area contributed by atoms with Gasteiger partial charge in [0.15, 0.2) is 5.78 Å². The molecule has 0 radical (unpaired) electrons. The van der Waals surface area contributed by atoms with Crippen LogP contribution in [0.2, 0.25) is 0 Å². The monoisotopic (exact) mass is 220 g/mol. The molecule has 2 atom stereocenters. The standard InChI is InChI=1S/C16H12O/c17-16-12-7-3-1-5-10(12)14-9-15(14)11-6-2-4-8-13(11)16/h1-8,14-15H,9H2/t14-,15-/m0/s1. The van der Waals surface area contributed by atoms with Crippen LogP contribution in [0, 0.1) is 0 Å². The maximum absolute atomic E-state index is 12.5. The fourth-order valence-electron chi connectivity index (χ4n) is 3.08. The topological polar surface area (TPSA) is 17.1 Å². The molecule has 0 aliphatic heterocycles. The zero-order valence-electron chi connectivity index (χ0n) is 9.39. The minimum absolute atomic E-state index is 0.198. The highest BCUT2D eigenvalue weighted by Gasteiger charge is 2.45. The van der Waals surface area contributed by atoms with E-state index in [2.05, 4.69) is 12.1 Å². The minimum atomic E-state index is 0.198. The van der Waals surface area contributed by atoms with Gasteiger partial charge in [-0.1, -0.05) is 48.5 Å². The highest BCUT2D eigenvalue weighted by atomic mass is 16.1. The van der Waals surface area contributed by atoms with E-state index >= 15 is 0 Å². The number of fused-ring (bicyclic) bond motifs is 5. The molecule has 1 saturated carbocycles. The van der Waals surface area contributed by atoms with Crippen molar-refractivity contribution >= 4 is 5.78 Å². The second-order valence-electron chi connectivity index (χ2n) is 4.95. The lowest BCUT2D eigenvalue weighted by Gasteiger charge is -2.06. The number of hydrogen-bond donors (Lipinski definition) is 0. The van der Waals surface area contributed by atoms with Crippen LogP contribution in [0.4, 0.5) is 0 Å². The van der Waals surface area contributed by atoms with Crippen LogP contribution in [0.1, 0.15) is 45.3 Å². The third kappa shape index (κ3) is 1.17. The molecule has 82 valence electrons. The molecular weight excluding hydrogens is 208 g/mol. The van der Waals surface area contributed by atoms with Gasteiger partial charge in [-0.05, 0) is 29.4 Å². The third-order valence-corrected chi connectivity index (χ3v) is 4.00. The fraction of sp³-hybridized carbons (Fsp3) is 0.188. The highest BCUT2D eigenvalue weighted by molar-refractivity contribution is 6.12. The maximum atomic E-state index is 12.5.